The molecule has 1 aliphatic carbocycles. The van der Waals surface area contributed by atoms with Crippen molar-refractivity contribution in [1.29, 1.82) is 0 Å². The summed E-state index contributed by atoms with van der Waals surface area (Å²) in [4.78, 5) is 18.1. The van der Waals surface area contributed by atoms with Gasteiger partial charge in [-0.3, -0.25) is 9.69 Å². The van der Waals surface area contributed by atoms with Crippen LogP contribution in [-0.2, 0) is 14.6 Å². The zero-order chi connectivity index (χ0) is 24.7. The van der Waals surface area contributed by atoms with Crippen molar-refractivity contribution < 1.29 is 13.2 Å². The summed E-state index contributed by atoms with van der Waals surface area (Å²) in [6.07, 6.45) is 16.3. The normalized spacial score (nSPS) is 22.5. The van der Waals surface area contributed by atoms with Gasteiger partial charge >= 0.3 is 0 Å². The van der Waals surface area contributed by atoms with Gasteiger partial charge in [-0.2, -0.15) is 0 Å². The number of amides is 1. The van der Waals surface area contributed by atoms with Gasteiger partial charge in [-0.1, -0.05) is 24.3 Å². The minimum Gasteiger partial charge on any atom is -0.326 e. The first-order valence-electron chi connectivity index (χ1n) is 13.0. The van der Waals surface area contributed by atoms with Crippen LogP contribution in [0.5, 0.6) is 0 Å². The molecule has 35 heavy (non-hydrogen) atoms. The van der Waals surface area contributed by atoms with E-state index in [1.165, 1.54) is 31.2 Å². The van der Waals surface area contributed by atoms with Crippen LogP contribution in [0.3, 0.4) is 0 Å². The van der Waals surface area contributed by atoms with E-state index in [0.29, 0.717) is 30.1 Å². The molecule has 1 unspecified atom stereocenters. The Balaban J connectivity index is 1.21. The third-order valence-electron chi connectivity index (χ3n) is 7.58. The molecule has 1 atom stereocenters. The molecule has 2 aliphatic heterocycles. The predicted octanol–water partition coefficient (Wildman–Crippen LogP) is 3.07. The van der Waals surface area contributed by atoms with Crippen LogP contribution < -0.4 is 10.6 Å². The molecule has 7 nitrogen and oxygen atoms in total. The topological polar surface area (TPSA) is 81.8 Å². The molecule has 192 valence electrons. The van der Waals surface area contributed by atoms with Gasteiger partial charge < -0.3 is 15.5 Å². The second kappa shape index (κ2) is 12.3. The van der Waals surface area contributed by atoms with Crippen LogP contribution in [0, 0.1) is 5.92 Å². The number of benzene rings is 1. The average molecular weight is 501 g/mol. The van der Waals surface area contributed by atoms with Gasteiger partial charge in [0.25, 0.3) is 0 Å². The number of piperidine rings is 2. The second-order valence-corrected chi connectivity index (χ2v) is 12.2. The van der Waals surface area contributed by atoms with Gasteiger partial charge in [0.15, 0.2) is 9.84 Å². The Morgan fingerprint density at radius 2 is 1.80 bits per heavy atom. The lowest BCUT2D eigenvalue weighted by Crippen LogP contribution is -2.50. The Morgan fingerprint density at radius 3 is 2.43 bits per heavy atom. The number of hydrogen-bond donors (Lipinski definition) is 2. The Hall–Kier alpha value is -2.00. The summed E-state index contributed by atoms with van der Waals surface area (Å²) in [5.74, 6) is 0.401. The van der Waals surface area contributed by atoms with E-state index in [1.807, 2.05) is 0 Å². The highest BCUT2D eigenvalue weighted by atomic mass is 32.2. The maximum Gasteiger partial charge on any atom is 0.224 e. The lowest BCUT2D eigenvalue weighted by atomic mass is 9.93. The van der Waals surface area contributed by atoms with Gasteiger partial charge in [0.2, 0.25) is 5.91 Å². The van der Waals surface area contributed by atoms with Crippen molar-refractivity contribution in [3.05, 3.63) is 48.6 Å². The fourth-order valence-corrected chi connectivity index (χ4v) is 6.13. The first kappa shape index (κ1) is 26.1. The van der Waals surface area contributed by atoms with E-state index in [2.05, 4.69) is 44.7 Å². The SMILES string of the molecule is CS(=O)(=O)c1ccc(NC(=O)CC2CCN(CCN(C3C=CC=CC3)C3CCNCC3)CC2)cc1. The zero-order valence-corrected chi connectivity index (χ0v) is 21.7. The first-order chi connectivity index (χ1) is 16.9. The molecular formula is C27H40N4O3S. The van der Waals surface area contributed by atoms with Gasteiger partial charge in [-0.15, -0.1) is 0 Å². The number of allylic oxidation sites excluding steroid dienone is 2. The molecule has 0 aromatic heterocycles. The summed E-state index contributed by atoms with van der Waals surface area (Å²) < 4.78 is 23.2. The minimum absolute atomic E-state index is 0.00443. The molecule has 2 fully saturated rings. The average Bonchev–Trinajstić information content (AvgIpc) is 2.86. The summed E-state index contributed by atoms with van der Waals surface area (Å²) in [6.45, 7) is 6.50. The standard InChI is InChI=1S/C27H40N4O3S/c1-35(33,34)26-9-7-23(8-10-26)29-27(32)21-22-13-17-30(18-14-22)19-20-31(24-5-3-2-4-6-24)25-11-15-28-16-12-25/h2-5,7-10,22,24-25,28H,6,11-21H2,1H3,(H,29,32). The van der Waals surface area contributed by atoms with Crippen LogP contribution >= 0.6 is 0 Å². The van der Waals surface area contributed by atoms with Crippen LogP contribution in [0.2, 0.25) is 0 Å². The Kier molecular flexibility index (Phi) is 9.16. The van der Waals surface area contributed by atoms with Crippen molar-refractivity contribution in [1.82, 2.24) is 15.1 Å². The van der Waals surface area contributed by atoms with Crippen LogP contribution in [-0.4, -0.2) is 81.7 Å². The maximum absolute atomic E-state index is 12.5. The molecule has 8 heteroatoms. The molecule has 0 radical (unpaired) electrons. The van der Waals surface area contributed by atoms with Gasteiger partial charge in [0, 0.05) is 43.5 Å². The number of carbonyl (C=O) groups is 1. The van der Waals surface area contributed by atoms with Crippen LogP contribution in [0.25, 0.3) is 0 Å². The zero-order valence-electron chi connectivity index (χ0n) is 20.9. The number of carbonyl (C=O) groups excluding carboxylic acids is 1. The molecule has 1 aromatic carbocycles. The monoisotopic (exact) mass is 500 g/mol. The van der Waals surface area contributed by atoms with Crippen molar-refractivity contribution in [3.63, 3.8) is 0 Å². The smallest absolute Gasteiger partial charge is 0.224 e. The summed E-state index contributed by atoms with van der Waals surface area (Å²) in [5, 5.41) is 6.42. The molecule has 0 spiro atoms. The Labute approximate surface area is 210 Å². The Morgan fingerprint density at radius 1 is 1.09 bits per heavy atom. The molecule has 3 aliphatic rings. The van der Waals surface area contributed by atoms with Crippen LogP contribution in [0.15, 0.2) is 53.5 Å². The number of rotatable bonds is 9. The third kappa shape index (κ3) is 7.74. The third-order valence-corrected chi connectivity index (χ3v) is 8.71. The van der Waals surface area contributed by atoms with Crippen LogP contribution in [0.4, 0.5) is 5.69 Å². The van der Waals surface area contributed by atoms with Crippen molar-refractivity contribution in [2.75, 3.05) is 50.8 Å². The highest BCUT2D eigenvalue weighted by Crippen LogP contribution is 2.24. The molecule has 2 heterocycles. The molecular weight excluding hydrogens is 460 g/mol. The fraction of sp³-hybridized carbons (Fsp3) is 0.593. The van der Waals surface area contributed by atoms with Gasteiger partial charge in [-0.25, -0.2) is 8.42 Å². The predicted molar refractivity (Wildman–Crippen MR) is 141 cm³/mol. The van der Waals surface area contributed by atoms with Gasteiger partial charge in [-0.05, 0) is 88.5 Å². The van der Waals surface area contributed by atoms with E-state index < -0.39 is 9.84 Å². The quantitative estimate of drug-likeness (QED) is 0.542. The molecule has 0 saturated carbocycles. The molecule has 0 bridgehead atoms. The molecule has 2 N–H and O–H groups in total. The minimum atomic E-state index is -3.23. The summed E-state index contributed by atoms with van der Waals surface area (Å²) >= 11 is 0. The van der Waals surface area contributed by atoms with Crippen LogP contribution in [0.1, 0.15) is 38.5 Å². The van der Waals surface area contributed by atoms with E-state index in [4.69, 9.17) is 0 Å². The van der Waals surface area contributed by atoms with Crippen molar-refractivity contribution in [2.45, 2.75) is 55.5 Å². The van der Waals surface area contributed by atoms with Gasteiger partial charge in [0.1, 0.15) is 0 Å². The lowest BCUT2D eigenvalue weighted by Gasteiger charge is -2.41. The number of likely N-dealkylation sites (tertiary alicyclic amines) is 1. The van der Waals surface area contributed by atoms with Crippen molar-refractivity contribution in [3.8, 4) is 0 Å². The van der Waals surface area contributed by atoms with E-state index >= 15 is 0 Å². The number of sulfone groups is 1. The maximum atomic E-state index is 12.5. The van der Waals surface area contributed by atoms with E-state index in [1.54, 1.807) is 12.1 Å². The highest BCUT2D eigenvalue weighted by Gasteiger charge is 2.28. The van der Waals surface area contributed by atoms with Gasteiger partial charge in [0.05, 0.1) is 4.90 Å². The van der Waals surface area contributed by atoms with Crippen molar-refractivity contribution >= 4 is 21.4 Å². The number of nitrogens with one attached hydrogen (secondary N) is 2. The highest BCUT2D eigenvalue weighted by molar-refractivity contribution is 7.90. The summed E-state index contributed by atoms with van der Waals surface area (Å²) in [6, 6.07) is 7.55. The first-order valence-corrected chi connectivity index (χ1v) is 14.9. The molecule has 1 aromatic rings. The van der Waals surface area contributed by atoms with E-state index in [9.17, 15) is 13.2 Å². The van der Waals surface area contributed by atoms with E-state index in [-0.39, 0.29) is 10.8 Å². The molecule has 1 amide bonds. The lowest BCUT2D eigenvalue weighted by molar-refractivity contribution is -0.117. The largest absolute Gasteiger partial charge is 0.326 e. The van der Waals surface area contributed by atoms with Crippen molar-refractivity contribution in [2.24, 2.45) is 5.92 Å². The summed E-state index contributed by atoms with van der Waals surface area (Å²) in [7, 11) is -3.23. The second-order valence-electron chi connectivity index (χ2n) is 10.2. The van der Waals surface area contributed by atoms with E-state index in [0.717, 1.165) is 58.5 Å². The number of anilines is 1. The molecule has 2 saturated heterocycles. The molecule has 4 rings (SSSR count). The summed E-state index contributed by atoms with van der Waals surface area (Å²) in [5.41, 5.74) is 0.643. The Bertz CT molecular complexity index is 992. The number of nitrogens with zero attached hydrogens (tertiary/aromatic N) is 2. The fourth-order valence-electron chi connectivity index (χ4n) is 5.50. The number of hydrogen-bond acceptors (Lipinski definition) is 6.